The molecule has 0 saturated carbocycles. The first kappa shape index (κ1) is 23.2. The Morgan fingerprint density at radius 3 is 2.80 bits per heavy atom. The van der Waals surface area contributed by atoms with Gasteiger partial charge in [-0.2, -0.15) is 0 Å². The number of aliphatic hydroxyl groups is 1. The molecule has 0 amide bonds. The van der Waals surface area contributed by atoms with E-state index in [1.54, 1.807) is 5.38 Å². The smallest absolute Gasteiger partial charge is 0.355 e. The standard InChI is InChI=1S/C22H30N2O4S2/c1-2-3-4-7-20(25)16-8-10-18(11-9-16)24(28)13-5-6-17(24)12-14-29-22-23-19(15-30-22)21(26)27/h8-11,15,17,20,25H,2-7,12-14H2,1H3,(H,26,27). The Balaban J connectivity index is 1.57. The monoisotopic (exact) mass is 450 g/mol. The van der Waals surface area contributed by atoms with Crippen molar-refractivity contribution in [3.05, 3.63) is 46.1 Å². The first-order valence-corrected chi connectivity index (χ1v) is 12.5. The summed E-state index contributed by atoms with van der Waals surface area (Å²) in [5.74, 6) is -0.267. The van der Waals surface area contributed by atoms with Gasteiger partial charge in [0.25, 0.3) is 0 Å². The zero-order valence-corrected chi connectivity index (χ0v) is 19.0. The number of aromatic carboxylic acids is 1. The van der Waals surface area contributed by atoms with Crippen LogP contribution >= 0.6 is 23.1 Å². The average Bonchev–Trinajstić information content (AvgIpc) is 3.36. The number of aromatic nitrogens is 1. The predicted octanol–water partition coefficient (Wildman–Crippen LogP) is 5.60. The van der Waals surface area contributed by atoms with Gasteiger partial charge in [-0.05, 0) is 24.1 Å². The summed E-state index contributed by atoms with van der Waals surface area (Å²) >= 11 is 2.85. The van der Waals surface area contributed by atoms with Crippen molar-refractivity contribution < 1.29 is 15.0 Å². The largest absolute Gasteiger partial charge is 0.627 e. The van der Waals surface area contributed by atoms with Crippen molar-refractivity contribution in [2.75, 3.05) is 12.3 Å². The number of hydrogen-bond acceptors (Lipinski definition) is 6. The van der Waals surface area contributed by atoms with Crippen LogP contribution in [-0.2, 0) is 0 Å². The number of thioether (sulfide) groups is 1. The maximum atomic E-state index is 13.6. The molecule has 2 heterocycles. The van der Waals surface area contributed by atoms with E-state index in [9.17, 15) is 15.1 Å². The van der Waals surface area contributed by atoms with Crippen molar-refractivity contribution in [1.29, 1.82) is 0 Å². The molecular weight excluding hydrogens is 420 g/mol. The van der Waals surface area contributed by atoms with E-state index in [4.69, 9.17) is 5.11 Å². The summed E-state index contributed by atoms with van der Waals surface area (Å²) in [6.07, 6.45) is 6.10. The lowest BCUT2D eigenvalue weighted by Gasteiger charge is -2.44. The molecule has 3 unspecified atom stereocenters. The molecule has 1 aliphatic heterocycles. The molecule has 8 heteroatoms. The summed E-state index contributed by atoms with van der Waals surface area (Å²) in [7, 11) is 0. The van der Waals surface area contributed by atoms with Gasteiger partial charge in [-0.25, -0.2) is 9.78 Å². The predicted molar refractivity (Wildman–Crippen MR) is 123 cm³/mol. The van der Waals surface area contributed by atoms with Crippen LogP contribution in [0, 0.1) is 5.21 Å². The molecule has 1 fully saturated rings. The quantitative estimate of drug-likeness (QED) is 0.200. The summed E-state index contributed by atoms with van der Waals surface area (Å²) < 4.78 is 0.418. The summed E-state index contributed by atoms with van der Waals surface area (Å²) in [6, 6.07) is 7.57. The molecule has 164 valence electrons. The van der Waals surface area contributed by atoms with E-state index in [-0.39, 0.29) is 16.4 Å². The Bertz CT molecular complexity index is 827. The fourth-order valence-electron chi connectivity index (χ4n) is 4.05. The molecule has 0 bridgehead atoms. The van der Waals surface area contributed by atoms with Crippen molar-refractivity contribution in [1.82, 2.24) is 9.63 Å². The molecule has 6 nitrogen and oxygen atoms in total. The number of carbonyl (C=O) groups is 1. The van der Waals surface area contributed by atoms with Crippen LogP contribution in [0.3, 0.4) is 0 Å². The number of carboxylic acid groups (broad SMARTS) is 1. The third-order valence-corrected chi connectivity index (χ3v) is 7.85. The van der Waals surface area contributed by atoms with Gasteiger partial charge < -0.3 is 20.1 Å². The van der Waals surface area contributed by atoms with Crippen molar-refractivity contribution >= 4 is 34.8 Å². The fraction of sp³-hybridized carbons (Fsp3) is 0.545. The number of aliphatic hydroxyl groups excluding tert-OH is 1. The Kier molecular flexibility index (Phi) is 8.30. The maximum Gasteiger partial charge on any atom is 0.355 e. The molecule has 3 rings (SSSR count). The molecular formula is C22H30N2O4S2. The van der Waals surface area contributed by atoms with E-state index in [1.165, 1.54) is 23.1 Å². The van der Waals surface area contributed by atoms with E-state index < -0.39 is 12.1 Å². The summed E-state index contributed by atoms with van der Waals surface area (Å²) in [5.41, 5.74) is 1.72. The Morgan fingerprint density at radius 1 is 1.37 bits per heavy atom. The topological polar surface area (TPSA) is 93.5 Å². The van der Waals surface area contributed by atoms with E-state index in [1.807, 2.05) is 24.3 Å². The van der Waals surface area contributed by atoms with Gasteiger partial charge in [-0.15, -0.1) is 11.3 Å². The van der Waals surface area contributed by atoms with Gasteiger partial charge in [0.1, 0.15) is 5.69 Å². The minimum absolute atomic E-state index is 0.00302. The number of benzene rings is 1. The molecule has 3 atom stereocenters. The third kappa shape index (κ3) is 5.62. The van der Waals surface area contributed by atoms with Gasteiger partial charge >= 0.3 is 5.97 Å². The van der Waals surface area contributed by atoms with Crippen molar-refractivity contribution in [2.45, 2.75) is 68.4 Å². The highest BCUT2D eigenvalue weighted by Gasteiger charge is 2.36. The number of hydrogen-bond donors (Lipinski definition) is 2. The first-order valence-electron chi connectivity index (χ1n) is 10.6. The highest BCUT2D eigenvalue weighted by Crippen LogP contribution is 2.37. The molecule has 2 aromatic rings. The van der Waals surface area contributed by atoms with Crippen molar-refractivity contribution in [2.24, 2.45) is 0 Å². The molecule has 2 N–H and O–H groups in total. The second-order valence-electron chi connectivity index (χ2n) is 7.86. The Labute approximate surface area is 186 Å². The summed E-state index contributed by atoms with van der Waals surface area (Å²) in [6.45, 7) is 2.72. The van der Waals surface area contributed by atoms with Crippen LogP contribution in [0.15, 0.2) is 34.0 Å². The van der Waals surface area contributed by atoms with Crippen molar-refractivity contribution in [3.8, 4) is 0 Å². The Morgan fingerprint density at radius 2 is 2.13 bits per heavy atom. The van der Waals surface area contributed by atoms with Crippen LogP contribution in [0.2, 0.25) is 0 Å². The molecule has 30 heavy (non-hydrogen) atoms. The fourth-order valence-corrected chi connectivity index (χ4v) is 5.96. The third-order valence-electron chi connectivity index (χ3n) is 5.79. The molecule has 0 spiro atoms. The molecule has 0 radical (unpaired) electrons. The number of rotatable bonds is 11. The molecule has 1 aromatic heterocycles. The van der Waals surface area contributed by atoms with Crippen LogP contribution < -0.4 is 4.65 Å². The normalized spacial score (nSPS) is 22.3. The zero-order chi connectivity index (χ0) is 21.6. The minimum Gasteiger partial charge on any atom is -0.627 e. The average molecular weight is 451 g/mol. The van der Waals surface area contributed by atoms with Gasteiger partial charge in [0.2, 0.25) is 0 Å². The molecule has 1 aromatic carbocycles. The van der Waals surface area contributed by atoms with Crippen LogP contribution in [-0.4, -0.2) is 39.5 Å². The lowest BCUT2D eigenvalue weighted by atomic mass is 10.0. The van der Waals surface area contributed by atoms with Gasteiger partial charge in [-0.3, -0.25) is 0 Å². The minimum atomic E-state index is -1.01. The van der Waals surface area contributed by atoms with Crippen LogP contribution in [0.1, 0.15) is 74.0 Å². The molecule has 1 aliphatic rings. The SMILES string of the molecule is CCCCCC(O)c1ccc([N+]2([O-])CCCC2CCSc2nc(C(=O)O)cs2)cc1. The number of unbranched alkanes of at least 4 members (excludes halogenated alkanes) is 2. The van der Waals surface area contributed by atoms with E-state index in [0.717, 1.165) is 66.3 Å². The van der Waals surface area contributed by atoms with Gasteiger partial charge in [0.15, 0.2) is 10.0 Å². The first-order chi connectivity index (χ1) is 14.4. The van der Waals surface area contributed by atoms with E-state index in [0.29, 0.717) is 6.54 Å². The number of carboxylic acids is 1. The number of thiazole rings is 1. The van der Waals surface area contributed by atoms with Crippen LogP contribution in [0.25, 0.3) is 0 Å². The zero-order valence-electron chi connectivity index (χ0n) is 17.3. The van der Waals surface area contributed by atoms with Crippen LogP contribution in [0.5, 0.6) is 0 Å². The summed E-state index contributed by atoms with van der Waals surface area (Å²) in [5, 5.41) is 34.5. The van der Waals surface area contributed by atoms with Gasteiger partial charge in [0, 0.05) is 30.4 Å². The number of hydroxylamine groups is 2. The lowest BCUT2D eigenvalue weighted by Crippen LogP contribution is -2.47. The summed E-state index contributed by atoms with van der Waals surface area (Å²) in [4.78, 5) is 15.0. The Hall–Kier alpha value is -1.45. The molecule has 1 saturated heterocycles. The second kappa shape index (κ2) is 10.7. The highest BCUT2D eigenvalue weighted by molar-refractivity contribution is 8.01. The van der Waals surface area contributed by atoms with Gasteiger partial charge in [-0.1, -0.05) is 50.1 Å². The molecule has 0 aliphatic carbocycles. The van der Waals surface area contributed by atoms with E-state index >= 15 is 0 Å². The van der Waals surface area contributed by atoms with Crippen LogP contribution in [0.4, 0.5) is 5.69 Å². The maximum absolute atomic E-state index is 13.6. The van der Waals surface area contributed by atoms with Gasteiger partial charge in [0.05, 0.1) is 18.7 Å². The highest BCUT2D eigenvalue weighted by atomic mass is 32.2. The lowest BCUT2D eigenvalue weighted by molar-refractivity contribution is 0.0691. The number of nitrogens with zero attached hydrogens (tertiary/aromatic N) is 2. The van der Waals surface area contributed by atoms with E-state index in [2.05, 4.69) is 11.9 Å². The second-order valence-corrected chi connectivity index (χ2v) is 10.1. The number of quaternary nitrogens is 1. The van der Waals surface area contributed by atoms with Crippen molar-refractivity contribution in [3.63, 3.8) is 0 Å².